The summed E-state index contributed by atoms with van der Waals surface area (Å²) in [6, 6.07) is 4.96. The maximum atomic E-state index is 13.4. The third-order valence-electron chi connectivity index (χ3n) is 2.50. The summed E-state index contributed by atoms with van der Waals surface area (Å²) in [4.78, 5) is 24.7. The molecule has 2 N–H and O–H groups in total. The molecule has 7 nitrogen and oxygen atoms in total. The predicted molar refractivity (Wildman–Crippen MR) is 75.2 cm³/mol. The number of carboxylic acids is 1. The van der Waals surface area contributed by atoms with E-state index in [1.165, 1.54) is 12.1 Å². The van der Waals surface area contributed by atoms with E-state index < -0.39 is 22.4 Å². The lowest BCUT2D eigenvalue weighted by atomic mass is 10.2. The van der Waals surface area contributed by atoms with E-state index in [0.29, 0.717) is 0 Å². The zero-order valence-electron chi connectivity index (χ0n) is 10.2. The second kappa shape index (κ2) is 5.83. The second-order valence-corrected chi connectivity index (χ2v) is 4.76. The Labute approximate surface area is 125 Å². The lowest BCUT2D eigenvalue weighted by Gasteiger charge is -2.08. The predicted octanol–water partition coefficient (Wildman–Crippen LogP) is 3.33. The third kappa shape index (κ3) is 3.31. The number of nitrogens with one attached hydrogen (secondary N) is 1. The van der Waals surface area contributed by atoms with Gasteiger partial charge in [0.2, 0.25) is 0 Å². The molecular formula is C12H7BrFN3O4. The second-order valence-electron chi connectivity index (χ2n) is 3.91. The first kappa shape index (κ1) is 14.9. The minimum absolute atomic E-state index is 0.116. The van der Waals surface area contributed by atoms with Gasteiger partial charge < -0.3 is 10.4 Å². The van der Waals surface area contributed by atoms with E-state index in [1.54, 1.807) is 0 Å². The number of nitrogens with zero attached hydrogens (tertiary/aromatic N) is 2. The first-order valence-corrected chi connectivity index (χ1v) is 6.27. The van der Waals surface area contributed by atoms with Crippen LogP contribution in [0.5, 0.6) is 0 Å². The summed E-state index contributed by atoms with van der Waals surface area (Å²) in [6.07, 6.45) is 0.921. The van der Waals surface area contributed by atoms with E-state index in [0.717, 1.165) is 18.3 Å². The number of aromatic carboxylic acids is 1. The highest BCUT2D eigenvalue weighted by Crippen LogP contribution is 2.25. The van der Waals surface area contributed by atoms with Gasteiger partial charge in [0, 0.05) is 11.8 Å². The van der Waals surface area contributed by atoms with Crippen molar-refractivity contribution >= 4 is 39.1 Å². The van der Waals surface area contributed by atoms with Crippen LogP contribution in [0.2, 0.25) is 0 Å². The van der Waals surface area contributed by atoms with E-state index in [1.807, 2.05) is 0 Å². The maximum Gasteiger partial charge on any atom is 0.339 e. The van der Waals surface area contributed by atoms with Crippen LogP contribution in [0.3, 0.4) is 0 Å². The molecule has 0 unspecified atom stereocenters. The molecule has 2 aromatic rings. The number of hydrogen-bond donors (Lipinski definition) is 2. The van der Waals surface area contributed by atoms with Gasteiger partial charge in [-0.25, -0.2) is 14.2 Å². The SMILES string of the molecule is O=C(O)c1cc([N+](=O)[O-])cnc1Nc1ccc(Br)c(F)c1. The summed E-state index contributed by atoms with van der Waals surface area (Å²) >= 11 is 2.99. The number of anilines is 2. The lowest BCUT2D eigenvalue weighted by Crippen LogP contribution is -2.06. The molecule has 108 valence electrons. The normalized spacial score (nSPS) is 10.2. The molecule has 0 saturated carbocycles. The number of halogens is 2. The standard InChI is InChI=1S/C12H7BrFN3O4/c13-9-2-1-6(3-10(9)14)16-11-8(12(18)19)4-7(5-15-11)17(20)21/h1-5H,(H,15,16)(H,18,19). The van der Waals surface area contributed by atoms with E-state index in [4.69, 9.17) is 5.11 Å². The Morgan fingerprint density at radius 1 is 1.43 bits per heavy atom. The van der Waals surface area contributed by atoms with Crippen molar-refractivity contribution in [1.82, 2.24) is 4.98 Å². The number of hydrogen-bond acceptors (Lipinski definition) is 5. The van der Waals surface area contributed by atoms with Gasteiger partial charge in [0.25, 0.3) is 5.69 Å². The fourth-order valence-electron chi connectivity index (χ4n) is 1.53. The highest BCUT2D eigenvalue weighted by Gasteiger charge is 2.17. The lowest BCUT2D eigenvalue weighted by molar-refractivity contribution is -0.385. The molecule has 2 rings (SSSR count). The number of aromatic nitrogens is 1. The topological polar surface area (TPSA) is 105 Å². The Hall–Kier alpha value is -2.55. The van der Waals surface area contributed by atoms with Crippen molar-refractivity contribution in [2.45, 2.75) is 0 Å². The van der Waals surface area contributed by atoms with Crippen LogP contribution in [0.25, 0.3) is 0 Å². The van der Waals surface area contributed by atoms with Crippen molar-refractivity contribution in [1.29, 1.82) is 0 Å². The molecule has 0 aliphatic rings. The van der Waals surface area contributed by atoms with Crippen molar-refractivity contribution in [3.8, 4) is 0 Å². The Balaban J connectivity index is 2.41. The Kier molecular flexibility index (Phi) is 4.13. The summed E-state index contributed by atoms with van der Waals surface area (Å²) < 4.78 is 13.7. The average molecular weight is 356 g/mol. The van der Waals surface area contributed by atoms with Gasteiger partial charge in [-0.05, 0) is 34.1 Å². The van der Waals surface area contributed by atoms with Crippen LogP contribution in [-0.4, -0.2) is 21.0 Å². The largest absolute Gasteiger partial charge is 0.478 e. The first-order chi connectivity index (χ1) is 9.88. The monoisotopic (exact) mass is 355 g/mol. The zero-order chi connectivity index (χ0) is 15.6. The van der Waals surface area contributed by atoms with Crippen molar-refractivity contribution < 1.29 is 19.2 Å². The quantitative estimate of drug-likeness (QED) is 0.643. The van der Waals surface area contributed by atoms with Crippen LogP contribution in [-0.2, 0) is 0 Å². The fraction of sp³-hybridized carbons (Fsp3) is 0. The number of benzene rings is 1. The molecule has 0 aliphatic heterocycles. The number of rotatable bonds is 4. The van der Waals surface area contributed by atoms with Gasteiger partial charge in [0.15, 0.2) is 0 Å². The molecule has 0 amide bonds. The maximum absolute atomic E-state index is 13.4. The zero-order valence-corrected chi connectivity index (χ0v) is 11.8. The van der Waals surface area contributed by atoms with E-state index in [9.17, 15) is 19.3 Å². The van der Waals surface area contributed by atoms with E-state index in [2.05, 4.69) is 26.2 Å². The highest BCUT2D eigenvalue weighted by atomic mass is 79.9. The van der Waals surface area contributed by atoms with E-state index >= 15 is 0 Å². The van der Waals surface area contributed by atoms with E-state index in [-0.39, 0.29) is 21.5 Å². The van der Waals surface area contributed by atoms with Crippen molar-refractivity contribution in [3.05, 3.63) is 56.4 Å². The smallest absolute Gasteiger partial charge is 0.339 e. The Morgan fingerprint density at radius 3 is 2.71 bits per heavy atom. The van der Waals surface area contributed by atoms with Crippen LogP contribution in [0.1, 0.15) is 10.4 Å². The molecule has 1 heterocycles. The minimum Gasteiger partial charge on any atom is -0.478 e. The molecule has 0 atom stereocenters. The summed E-state index contributed by atoms with van der Waals surface area (Å²) in [6.45, 7) is 0. The van der Waals surface area contributed by atoms with Crippen molar-refractivity contribution in [2.75, 3.05) is 5.32 Å². The summed E-state index contributed by atoms with van der Waals surface area (Å²) in [5.41, 5.74) is -0.563. The molecule has 9 heteroatoms. The van der Waals surface area contributed by atoms with Crippen LogP contribution in [0.4, 0.5) is 21.6 Å². The number of nitro groups is 1. The van der Waals surface area contributed by atoms with Gasteiger partial charge in [0.05, 0.1) is 9.40 Å². The van der Waals surface area contributed by atoms with Gasteiger partial charge in [-0.1, -0.05) is 0 Å². The summed E-state index contributed by atoms with van der Waals surface area (Å²) in [5, 5.41) is 22.3. The minimum atomic E-state index is -1.38. The first-order valence-electron chi connectivity index (χ1n) is 5.48. The van der Waals surface area contributed by atoms with Gasteiger partial charge in [-0.15, -0.1) is 0 Å². The molecule has 0 fully saturated rings. The highest BCUT2D eigenvalue weighted by molar-refractivity contribution is 9.10. The molecule has 0 spiro atoms. The third-order valence-corrected chi connectivity index (χ3v) is 3.14. The molecule has 1 aromatic heterocycles. The summed E-state index contributed by atoms with van der Waals surface area (Å²) in [7, 11) is 0. The molecule has 1 aromatic carbocycles. The van der Waals surface area contributed by atoms with Crippen LogP contribution in [0, 0.1) is 15.9 Å². The Bertz CT molecular complexity index is 738. The molecular weight excluding hydrogens is 349 g/mol. The van der Waals surface area contributed by atoms with Gasteiger partial charge in [0.1, 0.15) is 23.4 Å². The van der Waals surface area contributed by atoms with Gasteiger partial charge in [-0.3, -0.25) is 10.1 Å². The summed E-state index contributed by atoms with van der Waals surface area (Å²) in [5.74, 6) is -2.04. The van der Waals surface area contributed by atoms with Gasteiger partial charge >= 0.3 is 5.97 Å². The molecule has 0 aliphatic carbocycles. The molecule has 0 radical (unpaired) electrons. The fourth-order valence-corrected chi connectivity index (χ4v) is 1.77. The van der Waals surface area contributed by atoms with Crippen molar-refractivity contribution in [3.63, 3.8) is 0 Å². The molecule has 21 heavy (non-hydrogen) atoms. The van der Waals surface area contributed by atoms with Crippen LogP contribution >= 0.6 is 15.9 Å². The Morgan fingerprint density at radius 2 is 2.14 bits per heavy atom. The number of carbonyl (C=O) groups is 1. The molecule has 0 saturated heterocycles. The average Bonchev–Trinajstić information content (AvgIpc) is 2.43. The van der Waals surface area contributed by atoms with Crippen molar-refractivity contribution in [2.24, 2.45) is 0 Å². The number of pyridine rings is 1. The van der Waals surface area contributed by atoms with Crippen LogP contribution < -0.4 is 5.32 Å². The molecule has 0 bridgehead atoms. The van der Waals surface area contributed by atoms with Crippen LogP contribution in [0.15, 0.2) is 34.9 Å². The van der Waals surface area contributed by atoms with Gasteiger partial charge in [-0.2, -0.15) is 0 Å². The number of carboxylic acid groups (broad SMARTS) is 1.